The van der Waals surface area contributed by atoms with Crippen molar-refractivity contribution in [2.45, 2.75) is 51.7 Å². The fraction of sp³-hybridized carbons (Fsp3) is 0.917. The minimum Gasteiger partial charge on any atom is -0.377 e. The smallest absolute Gasteiger partial charge is 0.220 e. The van der Waals surface area contributed by atoms with Gasteiger partial charge in [-0.25, -0.2) is 0 Å². The first-order chi connectivity index (χ1) is 7.68. The van der Waals surface area contributed by atoms with E-state index in [1.54, 1.807) is 0 Å². The molecule has 4 nitrogen and oxygen atoms in total. The maximum Gasteiger partial charge on any atom is 0.220 e. The summed E-state index contributed by atoms with van der Waals surface area (Å²) in [6, 6.07) is 0.486. The third-order valence-electron chi connectivity index (χ3n) is 2.43. The molecule has 0 saturated heterocycles. The second-order valence-electron chi connectivity index (χ2n) is 4.61. The second kappa shape index (κ2) is 7.63. The fourth-order valence-electron chi connectivity index (χ4n) is 1.39. The Labute approximate surface area is 98.1 Å². The molecule has 4 heteroatoms. The van der Waals surface area contributed by atoms with Crippen molar-refractivity contribution >= 4 is 5.91 Å². The van der Waals surface area contributed by atoms with Gasteiger partial charge in [-0.3, -0.25) is 4.79 Å². The van der Waals surface area contributed by atoms with Crippen LogP contribution in [0.4, 0.5) is 0 Å². The average Bonchev–Trinajstić information content (AvgIpc) is 2.99. The van der Waals surface area contributed by atoms with Crippen molar-refractivity contribution in [2.24, 2.45) is 0 Å². The van der Waals surface area contributed by atoms with E-state index in [4.69, 9.17) is 4.74 Å². The maximum absolute atomic E-state index is 11.3. The number of rotatable bonds is 9. The summed E-state index contributed by atoms with van der Waals surface area (Å²) in [6.45, 7) is 6.55. The fourth-order valence-corrected chi connectivity index (χ4v) is 1.39. The molecule has 0 aromatic carbocycles. The number of hydrogen-bond acceptors (Lipinski definition) is 3. The Morgan fingerprint density at radius 1 is 1.38 bits per heavy atom. The van der Waals surface area contributed by atoms with Gasteiger partial charge in [0.25, 0.3) is 0 Å². The molecule has 1 saturated carbocycles. The molecule has 0 aromatic heterocycles. The molecule has 1 aliphatic carbocycles. The zero-order valence-corrected chi connectivity index (χ0v) is 10.4. The highest BCUT2D eigenvalue weighted by molar-refractivity contribution is 5.76. The first kappa shape index (κ1) is 13.5. The van der Waals surface area contributed by atoms with Crippen LogP contribution in [0.2, 0.25) is 0 Å². The van der Waals surface area contributed by atoms with Crippen LogP contribution < -0.4 is 10.6 Å². The lowest BCUT2D eigenvalue weighted by Crippen LogP contribution is -2.27. The van der Waals surface area contributed by atoms with E-state index in [0.717, 1.165) is 39.0 Å². The summed E-state index contributed by atoms with van der Waals surface area (Å²) in [5.41, 5.74) is 0. The predicted octanol–water partition coefficient (Wildman–Crippen LogP) is 1.06. The van der Waals surface area contributed by atoms with E-state index >= 15 is 0 Å². The minimum absolute atomic E-state index is 0.197. The Bertz CT molecular complexity index is 203. The van der Waals surface area contributed by atoms with Gasteiger partial charge in [0, 0.05) is 19.0 Å². The molecular formula is C12H24N2O2. The largest absolute Gasteiger partial charge is 0.377 e. The number of carbonyl (C=O) groups excluding carboxylic acids is 1. The summed E-state index contributed by atoms with van der Waals surface area (Å²) in [5.74, 6) is 0.197. The standard InChI is InChI=1S/C12H24N2O2/c1-10(2)16-9-8-13-7-3-4-12(15)14-11-5-6-11/h10-11,13H,3-9H2,1-2H3,(H,14,15). The Kier molecular flexibility index (Phi) is 6.42. The zero-order chi connectivity index (χ0) is 11.8. The van der Waals surface area contributed by atoms with E-state index in [1.165, 1.54) is 0 Å². The Balaban J connectivity index is 1.78. The normalized spacial score (nSPS) is 15.4. The van der Waals surface area contributed by atoms with Crippen LogP contribution >= 0.6 is 0 Å². The van der Waals surface area contributed by atoms with Gasteiger partial charge in [0.05, 0.1) is 12.7 Å². The summed E-state index contributed by atoms with van der Waals surface area (Å²) in [7, 11) is 0. The van der Waals surface area contributed by atoms with E-state index in [1.807, 2.05) is 13.8 Å². The molecule has 0 radical (unpaired) electrons. The Morgan fingerprint density at radius 3 is 2.75 bits per heavy atom. The third kappa shape index (κ3) is 7.65. The van der Waals surface area contributed by atoms with Crippen molar-refractivity contribution in [2.75, 3.05) is 19.7 Å². The highest BCUT2D eigenvalue weighted by Gasteiger charge is 2.22. The topological polar surface area (TPSA) is 50.4 Å². The summed E-state index contributed by atoms with van der Waals surface area (Å²) in [4.78, 5) is 11.3. The highest BCUT2D eigenvalue weighted by Crippen LogP contribution is 2.18. The van der Waals surface area contributed by atoms with Crippen LogP contribution in [0.5, 0.6) is 0 Å². The first-order valence-electron chi connectivity index (χ1n) is 6.30. The molecule has 2 N–H and O–H groups in total. The molecular weight excluding hydrogens is 204 g/mol. The van der Waals surface area contributed by atoms with Crippen LogP contribution in [0.1, 0.15) is 39.5 Å². The molecule has 0 aromatic rings. The van der Waals surface area contributed by atoms with Crippen LogP contribution in [0, 0.1) is 0 Å². The van der Waals surface area contributed by atoms with E-state index < -0.39 is 0 Å². The van der Waals surface area contributed by atoms with Gasteiger partial charge in [0.15, 0.2) is 0 Å². The Hall–Kier alpha value is -0.610. The molecule has 16 heavy (non-hydrogen) atoms. The lowest BCUT2D eigenvalue weighted by atomic mass is 10.3. The average molecular weight is 228 g/mol. The van der Waals surface area contributed by atoms with Crippen LogP contribution in [-0.2, 0) is 9.53 Å². The van der Waals surface area contributed by atoms with Gasteiger partial charge in [-0.1, -0.05) is 0 Å². The van der Waals surface area contributed by atoms with E-state index in [2.05, 4.69) is 10.6 Å². The highest BCUT2D eigenvalue weighted by atomic mass is 16.5. The van der Waals surface area contributed by atoms with Crippen LogP contribution in [0.25, 0.3) is 0 Å². The van der Waals surface area contributed by atoms with Crippen molar-refractivity contribution < 1.29 is 9.53 Å². The molecule has 94 valence electrons. The SMILES string of the molecule is CC(C)OCCNCCCC(=O)NC1CC1. The predicted molar refractivity (Wildman–Crippen MR) is 64.4 cm³/mol. The van der Waals surface area contributed by atoms with Crippen molar-refractivity contribution in [3.63, 3.8) is 0 Å². The van der Waals surface area contributed by atoms with Gasteiger partial charge in [0.2, 0.25) is 5.91 Å². The molecule has 0 bridgehead atoms. The van der Waals surface area contributed by atoms with Gasteiger partial charge in [-0.15, -0.1) is 0 Å². The van der Waals surface area contributed by atoms with Crippen LogP contribution in [-0.4, -0.2) is 37.7 Å². The van der Waals surface area contributed by atoms with Crippen molar-refractivity contribution in [3.8, 4) is 0 Å². The van der Waals surface area contributed by atoms with Crippen LogP contribution in [0.3, 0.4) is 0 Å². The summed E-state index contributed by atoms with van der Waals surface area (Å²) in [6.07, 6.45) is 4.16. The van der Waals surface area contributed by atoms with E-state index in [-0.39, 0.29) is 5.91 Å². The molecule has 1 fully saturated rings. The number of hydrogen-bond donors (Lipinski definition) is 2. The molecule has 1 rings (SSSR count). The van der Waals surface area contributed by atoms with Gasteiger partial charge < -0.3 is 15.4 Å². The van der Waals surface area contributed by atoms with Gasteiger partial charge in [0.1, 0.15) is 0 Å². The van der Waals surface area contributed by atoms with E-state index in [0.29, 0.717) is 18.6 Å². The van der Waals surface area contributed by atoms with Gasteiger partial charge >= 0.3 is 0 Å². The minimum atomic E-state index is 0.197. The van der Waals surface area contributed by atoms with Crippen molar-refractivity contribution in [1.82, 2.24) is 10.6 Å². The van der Waals surface area contributed by atoms with Crippen molar-refractivity contribution in [1.29, 1.82) is 0 Å². The molecule has 0 spiro atoms. The van der Waals surface area contributed by atoms with Crippen LogP contribution in [0.15, 0.2) is 0 Å². The van der Waals surface area contributed by atoms with Crippen molar-refractivity contribution in [3.05, 3.63) is 0 Å². The monoisotopic (exact) mass is 228 g/mol. The molecule has 1 amide bonds. The maximum atomic E-state index is 11.3. The number of ether oxygens (including phenoxy) is 1. The quantitative estimate of drug-likeness (QED) is 0.580. The first-order valence-corrected chi connectivity index (χ1v) is 6.30. The molecule has 0 unspecified atom stereocenters. The summed E-state index contributed by atoms with van der Waals surface area (Å²) in [5, 5.41) is 6.24. The molecule has 0 heterocycles. The molecule has 1 aliphatic rings. The zero-order valence-electron chi connectivity index (χ0n) is 10.4. The Morgan fingerprint density at radius 2 is 2.12 bits per heavy atom. The number of carbonyl (C=O) groups is 1. The second-order valence-corrected chi connectivity index (χ2v) is 4.61. The third-order valence-corrected chi connectivity index (χ3v) is 2.43. The molecule has 0 atom stereocenters. The molecule has 0 aliphatic heterocycles. The summed E-state index contributed by atoms with van der Waals surface area (Å²) >= 11 is 0. The van der Waals surface area contributed by atoms with Gasteiger partial charge in [-0.05, 0) is 39.7 Å². The summed E-state index contributed by atoms with van der Waals surface area (Å²) < 4.78 is 5.39. The lowest BCUT2D eigenvalue weighted by molar-refractivity contribution is -0.121. The number of nitrogens with one attached hydrogen (secondary N) is 2. The lowest BCUT2D eigenvalue weighted by Gasteiger charge is -2.08. The number of amides is 1. The van der Waals surface area contributed by atoms with Gasteiger partial charge in [-0.2, -0.15) is 0 Å². The van der Waals surface area contributed by atoms with E-state index in [9.17, 15) is 4.79 Å².